The molecule has 4 aromatic rings. The Morgan fingerprint density at radius 2 is 2.07 bits per heavy atom. The zero-order valence-corrected chi connectivity index (χ0v) is 17.2. The number of carbonyl (C=O) groups excluding carboxylic acids is 1. The Balaban J connectivity index is 1.53. The zero-order chi connectivity index (χ0) is 20.8. The van der Waals surface area contributed by atoms with Crippen molar-refractivity contribution in [3.8, 4) is 0 Å². The van der Waals surface area contributed by atoms with E-state index in [1.807, 2.05) is 36.1 Å². The highest BCUT2D eigenvalue weighted by Crippen LogP contribution is 2.37. The van der Waals surface area contributed by atoms with Crippen LogP contribution in [0.1, 0.15) is 41.2 Å². The topological polar surface area (TPSA) is 88.1 Å². The summed E-state index contributed by atoms with van der Waals surface area (Å²) in [5, 5.41) is 0.955. The van der Waals surface area contributed by atoms with E-state index in [1.165, 1.54) is 4.57 Å². The highest BCUT2D eigenvalue weighted by atomic mass is 32.1. The van der Waals surface area contributed by atoms with Gasteiger partial charge in [0.1, 0.15) is 5.01 Å². The number of H-pyrrole nitrogens is 1. The third-order valence-electron chi connectivity index (χ3n) is 5.65. The summed E-state index contributed by atoms with van der Waals surface area (Å²) in [6.07, 6.45) is 1.80. The molecule has 8 heteroatoms. The van der Waals surface area contributed by atoms with E-state index in [1.54, 1.807) is 29.5 Å². The smallest absolute Gasteiger partial charge is 0.316 e. The summed E-state index contributed by atoms with van der Waals surface area (Å²) in [6, 6.07) is 13.1. The highest BCUT2D eigenvalue weighted by molar-refractivity contribution is 7.18. The van der Waals surface area contributed by atoms with Crippen LogP contribution in [-0.4, -0.2) is 31.9 Å². The lowest BCUT2D eigenvalue weighted by Crippen LogP contribution is -2.36. The molecule has 1 atom stereocenters. The van der Waals surface area contributed by atoms with Crippen molar-refractivity contribution in [2.75, 3.05) is 6.54 Å². The monoisotopic (exact) mass is 420 g/mol. The average molecular weight is 420 g/mol. The first-order chi connectivity index (χ1) is 14.6. The number of amides is 1. The van der Waals surface area contributed by atoms with Crippen LogP contribution in [-0.2, 0) is 6.54 Å². The normalized spacial score (nSPS) is 16.6. The molecule has 5 rings (SSSR count). The molecule has 1 amide bonds. The van der Waals surface area contributed by atoms with Gasteiger partial charge in [-0.25, -0.2) is 4.98 Å². The number of para-hydroxylation sites is 1. The number of nitrogens with one attached hydrogen (secondary N) is 1. The average Bonchev–Trinajstić information content (AvgIpc) is 3.40. The minimum Gasteiger partial charge on any atom is -0.329 e. The Labute approximate surface area is 175 Å². The fourth-order valence-electron chi connectivity index (χ4n) is 4.19. The van der Waals surface area contributed by atoms with Crippen LogP contribution in [0, 0.1) is 0 Å². The van der Waals surface area contributed by atoms with Gasteiger partial charge in [0, 0.05) is 18.7 Å². The molecule has 152 valence electrons. The Morgan fingerprint density at radius 3 is 2.87 bits per heavy atom. The minimum atomic E-state index is -0.678. The zero-order valence-electron chi connectivity index (χ0n) is 16.4. The number of aromatic amines is 1. The lowest BCUT2D eigenvalue weighted by Gasteiger charge is -2.23. The summed E-state index contributed by atoms with van der Waals surface area (Å²) >= 11 is 1.63. The Kier molecular flexibility index (Phi) is 4.51. The minimum absolute atomic E-state index is 0.0470. The van der Waals surface area contributed by atoms with Crippen molar-refractivity contribution in [2.45, 2.75) is 32.4 Å². The Hall–Kier alpha value is -3.26. The number of rotatable bonds is 3. The number of aryl methyl sites for hydroxylation is 1. The van der Waals surface area contributed by atoms with Gasteiger partial charge >= 0.3 is 11.1 Å². The van der Waals surface area contributed by atoms with Gasteiger partial charge in [-0.05, 0) is 50.1 Å². The van der Waals surface area contributed by atoms with Gasteiger partial charge in [0.05, 0.1) is 27.3 Å². The fourth-order valence-corrected chi connectivity index (χ4v) is 5.31. The van der Waals surface area contributed by atoms with Gasteiger partial charge < -0.3 is 14.5 Å². The molecule has 30 heavy (non-hydrogen) atoms. The molecule has 1 N–H and O–H groups in total. The molecule has 7 nitrogen and oxygen atoms in total. The number of likely N-dealkylation sites (tertiary alicyclic amines) is 1. The predicted octanol–water partition coefficient (Wildman–Crippen LogP) is 3.30. The standard InChI is InChI=1S/C22H20N4O3S/c1-2-25-16-10-9-13(12-15(16)23-19(27)22(25)29)21(28)26-11-5-7-17(26)20-24-14-6-3-4-8-18(14)30-20/h3-4,6,8-10,12,17H,2,5,7,11H2,1H3,(H,23,27)/t17-/m1/s1. The van der Waals surface area contributed by atoms with Crippen LogP contribution in [0.15, 0.2) is 52.1 Å². The summed E-state index contributed by atoms with van der Waals surface area (Å²) in [7, 11) is 0. The number of fused-ring (bicyclic) bond motifs is 2. The molecule has 0 spiro atoms. The quantitative estimate of drug-likeness (QED) is 0.515. The summed E-state index contributed by atoms with van der Waals surface area (Å²) in [5.74, 6) is -0.0891. The molecule has 0 bridgehead atoms. The Bertz CT molecular complexity index is 1370. The van der Waals surface area contributed by atoms with Crippen molar-refractivity contribution in [3.63, 3.8) is 0 Å². The van der Waals surface area contributed by atoms with Crippen molar-refractivity contribution >= 4 is 38.5 Å². The number of aromatic nitrogens is 3. The van der Waals surface area contributed by atoms with Gasteiger partial charge in [-0.2, -0.15) is 0 Å². The van der Waals surface area contributed by atoms with E-state index in [-0.39, 0.29) is 11.9 Å². The predicted molar refractivity (Wildman–Crippen MR) is 117 cm³/mol. The maximum Gasteiger partial charge on any atom is 0.316 e. The molecule has 0 unspecified atom stereocenters. The second-order valence-electron chi connectivity index (χ2n) is 7.41. The molecular weight excluding hydrogens is 400 g/mol. The number of thiazole rings is 1. The van der Waals surface area contributed by atoms with E-state index in [4.69, 9.17) is 4.98 Å². The number of hydrogen-bond acceptors (Lipinski definition) is 5. The maximum atomic E-state index is 13.3. The third kappa shape index (κ3) is 2.95. The second kappa shape index (κ2) is 7.21. The number of carbonyl (C=O) groups is 1. The number of hydrogen-bond donors (Lipinski definition) is 1. The lowest BCUT2D eigenvalue weighted by atomic mass is 10.1. The first kappa shape index (κ1) is 18.7. The SMILES string of the molecule is CCn1c(=O)c(=O)[nH]c2cc(C(=O)N3CCC[C@@H]3c3nc4ccccc4s3)ccc21. The second-order valence-corrected chi connectivity index (χ2v) is 8.47. The van der Waals surface area contributed by atoms with E-state index in [0.717, 1.165) is 28.1 Å². The van der Waals surface area contributed by atoms with Crippen LogP contribution >= 0.6 is 11.3 Å². The van der Waals surface area contributed by atoms with Gasteiger partial charge in [-0.1, -0.05) is 12.1 Å². The Morgan fingerprint density at radius 1 is 1.23 bits per heavy atom. The third-order valence-corrected chi connectivity index (χ3v) is 6.78. The van der Waals surface area contributed by atoms with Crippen molar-refractivity contribution in [3.05, 3.63) is 73.7 Å². The summed E-state index contributed by atoms with van der Waals surface area (Å²) in [5.41, 5.74) is 1.29. The van der Waals surface area contributed by atoms with Gasteiger partial charge in [0.25, 0.3) is 5.91 Å². The summed E-state index contributed by atoms with van der Waals surface area (Å²) in [6.45, 7) is 2.87. The van der Waals surface area contributed by atoms with Crippen LogP contribution < -0.4 is 11.1 Å². The van der Waals surface area contributed by atoms with E-state index < -0.39 is 11.1 Å². The first-order valence-electron chi connectivity index (χ1n) is 10.00. The molecular formula is C22H20N4O3S. The molecule has 3 heterocycles. The van der Waals surface area contributed by atoms with Crippen molar-refractivity contribution in [1.29, 1.82) is 0 Å². The number of benzene rings is 2. The lowest BCUT2D eigenvalue weighted by molar-refractivity contribution is 0.0735. The van der Waals surface area contributed by atoms with Crippen molar-refractivity contribution in [1.82, 2.24) is 19.4 Å². The largest absolute Gasteiger partial charge is 0.329 e. The first-order valence-corrected chi connectivity index (χ1v) is 10.8. The molecule has 0 aliphatic carbocycles. The fraction of sp³-hybridized carbons (Fsp3) is 0.273. The van der Waals surface area contributed by atoms with Crippen molar-refractivity contribution < 1.29 is 4.79 Å². The molecule has 1 aliphatic rings. The number of nitrogens with zero attached hydrogens (tertiary/aromatic N) is 3. The van der Waals surface area contributed by atoms with E-state index >= 15 is 0 Å². The van der Waals surface area contributed by atoms with Crippen molar-refractivity contribution in [2.24, 2.45) is 0 Å². The molecule has 2 aromatic heterocycles. The van der Waals surface area contributed by atoms with Crippen LogP contribution in [0.25, 0.3) is 21.3 Å². The summed E-state index contributed by atoms with van der Waals surface area (Å²) in [4.78, 5) is 46.6. The molecule has 0 saturated carbocycles. The van der Waals surface area contributed by atoms with Gasteiger partial charge in [0.15, 0.2) is 0 Å². The molecule has 0 radical (unpaired) electrons. The van der Waals surface area contributed by atoms with Gasteiger partial charge in [0.2, 0.25) is 0 Å². The maximum absolute atomic E-state index is 13.3. The van der Waals surface area contributed by atoms with Gasteiger partial charge in [-0.3, -0.25) is 14.4 Å². The van der Waals surface area contributed by atoms with E-state index in [0.29, 0.717) is 29.7 Å². The van der Waals surface area contributed by atoms with Crippen LogP contribution in [0.2, 0.25) is 0 Å². The molecule has 1 fully saturated rings. The molecule has 2 aromatic carbocycles. The van der Waals surface area contributed by atoms with Crippen LogP contribution in [0.5, 0.6) is 0 Å². The van der Waals surface area contributed by atoms with Gasteiger partial charge in [-0.15, -0.1) is 11.3 Å². The molecule has 1 aliphatic heterocycles. The van der Waals surface area contributed by atoms with Crippen LogP contribution in [0.3, 0.4) is 0 Å². The van der Waals surface area contributed by atoms with E-state index in [9.17, 15) is 14.4 Å². The van der Waals surface area contributed by atoms with E-state index in [2.05, 4.69) is 4.98 Å². The molecule has 1 saturated heterocycles. The summed E-state index contributed by atoms with van der Waals surface area (Å²) < 4.78 is 2.54. The van der Waals surface area contributed by atoms with Crippen LogP contribution in [0.4, 0.5) is 0 Å². The highest BCUT2D eigenvalue weighted by Gasteiger charge is 2.33.